The van der Waals surface area contributed by atoms with Crippen molar-refractivity contribution in [3.8, 4) is 34.5 Å². The third-order valence-electron chi connectivity index (χ3n) is 12.1. The minimum Gasteiger partial charge on any atom is -0.507 e. The van der Waals surface area contributed by atoms with Crippen LogP contribution in [0, 0.1) is 0 Å². The molecule has 0 radical (unpaired) electrons. The number of fused-ring (bicyclic) bond motifs is 15. The topological polar surface area (TPSA) is 250 Å². The molecule has 1 aliphatic carbocycles. The molecule has 0 fully saturated rings. The molecule has 5 N–H and O–H groups in total. The Morgan fingerprint density at radius 1 is 0.438 bits per heavy atom. The second-order valence-corrected chi connectivity index (χ2v) is 15.4. The van der Waals surface area contributed by atoms with Crippen LogP contribution in [0.4, 0.5) is 0 Å². The monoisotopic (exact) mass is 856 g/mol. The maximum absolute atomic E-state index is 12.7. The van der Waals surface area contributed by atoms with Crippen LogP contribution in [0.25, 0.3) is 98.3 Å². The highest BCUT2D eigenvalue weighted by atomic mass is 16.5. The highest BCUT2D eigenvalue weighted by Crippen LogP contribution is 2.52. The second-order valence-electron chi connectivity index (χ2n) is 15.4. The predicted molar refractivity (Wildman–Crippen MR) is 226 cm³/mol. The van der Waals surface area contributed by atoms with Crippen molar-refractivity contribution in [1.29, 1.82) is 0 Å². The number of benzene rings is 5. The molecule has 0 amide bonds. The lowest BCUT2D eigenvalue weighted by Crippen LogP contribution is -2.38. The van der Waals surface area contributed by atoms with Gasteiger partial charge in [-0.15, -0.1) is 0 Å². The Hall–Kier alpha value is -9.18. The first-order valence-corrected chi connectivity index (χ1v) is 19.5. The van der Waals surface area contributed by atoms with E-state index in [1.165, 1.54) is 37.6 Å². The number of phenols is 5. The van der Waals surface area contributed by atoms with Gasteiger partial charge < -0.3 is 65.6 Å². The lowest BCUT2D eigenvalue weighted by molar-refractivity contribution is 0.0702. The number of aromatic hydroxyl groups is 5. The van der Waals surface area contributed by atoms with Gasteiger partial charge in [0.25, 0.3) is 0 Å². The number of ketones is 2. The first kappa shape index (κ1) is 35.6. The van der Waals surface area contributed by atoms with E-state index < -0.39 is 12.0 Å². The molecule has 0 saturated heterocycles. The third-order valence-corrected chi connectivity index (χ3v) is 12.1. The number of hydrogen-bond acceptors (Lipinski definition) is 16. The zero-order chi connectivity index (χ0) is 43.3. The van der Waals surface area contributed by atoms with Crippen molar-refractivity contribution < 1.29 is 75.2 Å². The van der Waals surface area contributed by atoms with Gasteiger partial charge in [0.05, 0.1) is 97.0 Å². The van der Waals surface area contributed by atoms with Crippen molar-refractivity contribution >= 4 is 110 Å². The number of hydrogen-bond donors (Lipinski definition) is 5. The molecule has 2 unspecified atom stereocenters. The summed E-state index contributed by atoms with van der Waals surface area (Å²) in [6, 6.07) is 13.9. The van der Waals surface area contributed by atoms with Gasteiger partial charge in [-0.3, -0.25) is 9.59 Å². The first-order valence-electron chi connectivity index (χ1n) is 19.5. The van der Waals surface area contributed by atoms with E-state index in [-0.39, 0.29) is 62.4 Å². The van der Waals surface area contributed by atoms with Crippen LogP contribution in [0.3, 0.4) is 0 Å². The molecule has 0 saturated carbocycles. The summed E-state index contributed by atoms with van der Waals surface area (Å²) >= 11 is 0. The second kappa shape index (κ2) is 12.5. The molecular weight excluding hydrogens is 833 g/mol. The number of phenolic OH excluding ortho intramolecular Hbond substituents is 5. The van der Waals surface area contributed by atoms with E-state index in [4.69, 9.17) is 40.1 Å². The molecule has 8 aromatic heterocycles. The predicted octanol–water partition coefficient (Wildman–Crippen LogP) is 11.6. The Kier molecular flexibility index (Phi) is 6.92. The zero-order valence-electron chi connectivity index (χ0n) is 32.2. The molecule has 9 heterocycles. The van der Waals surface area contributed by atoms with Gasteiger partial charge >= 0.3 is 0 Å². The Bertz CT molecular complexity index is 4130. The van der Waals surface area contributed by atoms with Crippen LogP contribution in [0.15, 0.2) is 140 Å². The van der Waals surface area contributed by atoms with Crippen LogP contribution >= 0.6 is 0 Å². The van der Waals surface area contributed by atoms with Crippen molar-refractivity contribution in [2.75, 3.05) is 0 Å². The van der Waals surface area contributed by atoms with Gasteiger partial charge in [-0.2, -0.15) is 0 Å². The molecule has 15 rings (SSSR count). The lowest BCUT2D eigenvalue weighted by atomic mass is 9.79. The number of rotatable bonds is 0. The van der Waals surface area contributed by atoms with Gasteiger partial charge in [-0.1, -0.05) is 0 Å². The summed E-state index contributed by atoms with van der Waals surface area (Å²) < 4.78 is 48.1. The van der Waals surface area contributed by atoms with Crippen molar-refractivity contribution in [3.05, 3.63) is 122 Å². The maximum Gasteiger partial charge on any atom is 0.208 e. The molecular formula is C48H24O16. The van der Waals surface area contributed by atoms with E-state index in [1.54, 1.807) is 55.2 Å². The van der Waals surface area contributed by atoms with Gasteiger partial charge in [0, 0.05) is 34.4 Å². The van der Waals surface area contributed by atoms with E-state index in [9.17, 15) is 35.1 Å². The van der Waals surface area contributed by atoms with Crippen LogP contribution in [0.1, 0.15) is 32.2 Å². The number of carbonyl (C=O) groups excluding carboxylic acids is 2. The molecule has 16 heteroatoms. The summed E-state index contributed by atoms with van der Waals surface area (Å²) in [5.74, 6) is -1.39. The molecule has 64 heavy (non-hydrogen) atoms. The fourth-order valence-electron chi connectivity index (χ4n) is 9.10. The molecule has 1 aliphatic heterocycles. The lowest BCUT2D eigenvalue weighted by Gasteiger charge is -2.21. The Balaban J connectivity index is 0.0000000968. The summed E-state index contributed by atoms with van der Waals surface area (Å²) in [7, 11) is 0. The maximum atomic E-state index is 12.7. The largest absolute Gasteiger partial charge is 0.507 e. The van der Waals surface area contributed by atoms with E-state index in [0.717, 1.165) is 21.7 Å². The summed E-state index contributed by atoms with van der Waals surface area (Å²) in [4.78, 5) is 25.1. The molecule has 13 aromatic rings. The molecule has 312 valence electrons. The van der Waals surface area contributed by atoms with Crippen LogP contribution in [0.5, 0.6) is 34.5 Å². The Labute approximate surface area is 352 Å². The van der Waals surface area contributed by atoms with E-state index in [0.29, 0.717) is 76.9 Å². The van der Waals surface area contributed by atoms with Crippen molar-refractivity contribution in [1.82, 2.24) is 0 Å². The first-order chi connectivity index (χ1) is 31.1. The average molecular weight is 857 g/mol. The molecule has 0 bridgehead atoms. The SMILES string of the molecule is O=C1c2cocc2C(=O)C2c3c(cc4occc4c3O)OC12.Oc1c2ccoc2cc2oc3cc4cocc4cc3c12.Oc1c2cocc2c(O)c2c1oc1cc3occc3c(O)c12. The number of ether oxygens (including phenoxy) is 1. The molecule has 5 aromatic carbocycles. The average Bonchev–Trinajstić information content (AvgIpc) is 4.13. The normalized spacial score (nSPS) is 15.7. The number of carbonyl (C=O) groups is 2. The minimum atomic E-state index is -0.968. The van der Waals surface area contributed by atoms with Crippen LogP contribution in [-0.4, -0.2) is 43.2 Å². The zero-order valence-corrected chi connectivity index (χ0v) is 32.2. The summed E-state index contributed by atoms with van der Waals surface area (Å²) in [6.45, 7) is 0. The minimum absolute atomic E-state index is 0.0717. The van der Waals surface area contributed by atoms with Crippen molar-refractivity contribution in [2.45, 2.75) is 12.0 Å². The fraction of sp³-hybridized carbons (Fsp3) is 0.0417. The van der Waals surface area contributed by atoms with Gasteiger partial charge in [0.1, 0.15) is 87.3 Å². The fourth-order valence-corrected chi connectivity index (χ4v) is 9.10. The van der Waals surface area contributed by atoms with E-state index in [1.807, 2.05) is 12.1 Å². The van der Waals surface area contributed by atoms with E-state index in [2.05, 4.69) is 0 Å². The molecule has 0 spiro atoms. The molecule has 2 atom stereocenters. The van der Waals surface area contributed by atoms with Crippen molar-refractivity contribution in [2.24, 2.45) is 0 Å². The van der Waals surface area contributed by atoms with Gasteiger partial charge in [0.2, 0.25) is 5.78 Å². The summed E-state index contributed by atoms with van der Waals surface area (Å²) in [6.07, 6.45) is 12.0. The highest BCUT2D eigenvalue weighted by Gasteiger charge is 2.51. The van der Waals surface area contributed by atoms with Gasteiger partial charge in [-0.25, -0.2) is 0 Å². The summed E-state index contributed by atoms with van der Waals surface area (Å²) in [5.41, 5.74) is 4.04. The van der Waals surface area contributed by atoms with E-state index >= 15 is 0 Å². The standard InChI is InChI=1S/2C16H8O6.C16H8O4/c2*17-13-6-1-2-21-9(6)3-10-11(13)12-14(18)7-4-20-5-8(7)15(19)16(12)22-10;17-16-10-1-2-19-12(10)5-14-15(16)11-3-8-6-18-7-9(8)4-13(11)20-14/h1-5,17-19H;1-5,12,16-17H;1-7,17H. The van der Waals surface area contributed by atoms with Gasteiger partial charge in [-0.05, 0) is 30.3 Å². The summed E-state index contributed by atoms with van der Waals surface area (Å²) in [5, 5.41) is 58.7. The number of Topliss-reactive ketones (excluding diaryl/α,β-unsaturated/α-hetero) is 2. The van der Waals surface area contributed by atoms with Gasteiger partial charge in [0.15, 0.2) is 23.2 Å². The van der Waals surface area contributed by atoms with Crippen molar-refractivity contribution in [3.63, 3.8) is 0 Å². The smallest absolute Gasteiger partial charge is 0.208 e. The van der Waals surface area contributed by atoms with Crippen LogP contribution in [0.2, 0.25) is 0 Å². The van der Waals surface area contributed by atoms with Crippen LogP contribution in [-0.2, 0) is 0 Å². The molecule has 16 nitrogen and oxygen atoms in total. The quantitative estimate of drug-likeness (QED) is 0.0889. The third kappa shape index (κ3) is 4.64. The Morgan fingerprint density at radius 3 is 1.69 bits per heavy atom. The number of furan rings is 8. The Morgan fingerprint density at radius 2 is 0.984 bits per heavy atom. The molecule has 2 aliphatic rings. The van der Waals surface area contributed by atoms with Crippen LogP contribution < -0.4 is 4.74 Å². The highest BCUT2D eigenvalue weighted by molar-refractivity contribution is 6.23.